The van der Waals surface area contributed by atoms with Gasteiger partial charge in [-0.25, -0.2) is 4.98 Å². The Balaban J connectivity index is 1.75. The topological polar surface area (TPSA) is 67.1 Å². The van der Waals surface area contributed by atoms with Crippen molar-refractivity contribution in [2.75, 3.05) is 30.3 Å². The van der Waals surface area contributed by atoms with Crippen LogP contribution >= 0.6 is 0 Å². The number of anilines is 2. The Morgan fingerprint density at radius 3 is 2.69 bits per heavy atom. The Hall–Kier alpha value is -1.36. The van der Waals surface area contributed by atoms with Gasteiger partial charge in [-0.15, -0.1) is 0 Å². The second-order valence-corrected chi connectivity index (χ2v) is 8.62. The summed E-state index contributed by atoms with van der Waals surface area (Å²) in [5.41, 5.74) is 9.30. The second kappa shape index (κ2) is 7.71. The van der Waals surface area contributed by atoms with Gasteiger partial charge in [0.25, 0.3) is 0 Å². The van der Waals surface area contributed by atoms with Crippen LogP contribution in [-0.4, -0.2) is 35.6 Å². The number of aromatic nitrogens is 2. The predicted octanol–water partition coefficient (Wildman–Crippen LogP) is 3.57. The van der Waals surface area contributed by atoms with Crippen LogP contribution in [0.25, 0.3) is 0 Å². The molecule has 0 radical (unpaired) electrons. The van der Waals surface area contributed by atoms with Crippen molar-refractivity contribution < 1.29 is 0 Å². The highest BCUT2D eigenvalue weighted by Gasteiger charge is 2.42. The van der Waals surface area contributed by atoms with Gasteiger partial charge in [0.1, 0.15) is 5.82 Å². The first kappa shape index (κ1) is 18.0. The molecule has 2 aliphatic carbocycles. The summed E-state index contributed by atoms with van der Waals surface area (Å²) >= 11 is 0. The maximum absolute atomic E-state index is 6.27. The first-order valence-corrected chi connectivity index (χ1v) is 10.9. The largest absolute Gasteiger partial charge is 0.368 e. The Morgan fingerprint density at radius 2 is 1.96 bits per heavy atom. The van der Waals surface area contributed by atoms with Crippen molar-refractivity contribution in [3.8, 4) is 0 Å². The van der Waals surface area contributed by atoms with Gasteiger partial charge in [0.2, 0.25) is 5.95 Å². The van der Waals surface area contributed by atoms with E-state index in [9.17, 15) is 0 Å². The molecule has 0 amide bonds. The molecule has 144 valence electrons. The normalized spacial score (nSPS) is 24.6. The third-order valence-electron chi connectivity index (χ3n) is 6.88. The molecule has 3 aliphatic rings. The van der Waals surface area contributed by atoms with Gasteiger partial charge in [0, 0.05) is 30.1 Å². The number of hydrogen-bond acceptors (Lipinski definition) is 5. The average Bonchev–Trinajstić information content (AvgIpc) is 3.13. The van der Waals surface area contributed by atoms with Gasteiger partial charge in [-0.3, -0.25) is 0 Å². The van der Waals surface area contributed by atoms with E-state index in [4.69, 9.17) is 15.7 Å². The van der Waals surface area contributed by atoms with Gasteiger partial charge >= 0.3 is 0 Å². The van der Waals surface area contributed by atoms with E-state index in [1.165, 1.54) is 81.3 Å². The van der Waals surface area contributed by atoms with Crippen molar-refractivity contribution in [2.45, 2.75) is 89.0 Å². The molecule has 0 unspecified atom stereocenters. The minimum absolute atomic E-state index is 0.292. The number of rotatable bonds is 5. The molecule has 5 nitrogen and oxygen atoms in total. The van der Waals surface area contributed by atoms with Crippen molar-refractivity contribution in [3.63, 3.8) is 0 Å². The lowest BCUT2D eigenvalue weighted by Gasteiger charge is -2.40. The number of nitrogen functional groups attached to an aromatic ring is 1. The summed E-state index contributed by atoms with van der Waals surface area (Å²) in [7, 11) is 0. The second-order valence-electron chi connectivity index (χ2n) is 8.62. The van der Waals surface area contributed by atoms with Crippen LogP contribution in [0.5, 0.6) is 0 Å². The highest BCUT2D eigenvalue weighted by molar-refractivity contribution is 5.56. The summed E-state index contributed by atoms with van der Waals surface area (Å²) in [6, 6.07) is 0.537. The van der Waals surface area contributed by atoms with E-state index in [1.807, 2.05) is 0 Å². The Kier molecular flexibility index (Phi) is 5.35. The quantitative estimate of drug-likeness (QED) is 0.843. The van der Waals surface area contributed by atoms with E-state index in [0.29, 0.717) is 17.4 Å². The number of fused-ring (bicyclic) bond motifs is 2. The summed E-state index contributed by atoms with van der Waals surface area (Å²) in [5, 5.41) is 3.59. The Bertz CT molecular complexity index is 617. The molecule has 1 saturated carbocycles. The predicted molar refractivity (Wildman–Crippen MR) is 108 cm³/mol. The van der Waals surface area contributed by atoms with E-state index in [0.717, 1.165) is 26.1 Å². The Morgan fingerprint density at radius 1 is 1.15 bits per heavy atom. The fourth-order valence-corrected chi connectivity index (χ4v) is 5.55. The standard InChI is InChI=1S/C21H35N5/c1-2-3-14-26(16-8-7-13-23-15-16)19-17-9-6-12-21(10-4-5-11-21)18(17)24-20(22)25-19/h16,23H,2-15H2,1H3,(H2,22,24,25)/t16-/m1/s1. The molecule has 1 aromatic heterocycles. The van der Waals surface area contributed by atoms with Crippen LogP contribution in [0.1, 0.15) is 82.4 Å². The molecule has 1 atom stereocenters. The Labute approximate surface area is 158 Å². The highest BCUT2D eigenvalue weighted by atomic mass is 15.3. The smallest absolute Gasteiger partial charge is 0.222 e. The van der Waals surface area contributed by atoms with Crippen molar-refractivity contribution in [3.05, 3.63) is 11.3 Å². The summed E-state index contributed by atoms with van der Waals surface area (Å²) in [5.74, 6) is 1.65. The average molecular weight is 358 g/mol. The SMILES string of the molecule is CCCCN(c1nc(N)nc2c1CCCC21CCCC1)[C@@H]1CCCNC1. The van der Waals surface area contributed by atoms with Crippen LogP contribution in [0.4, 0.5) is 11.8 Å². The maximum atomic E-state index is 6.27. The number of unbranched alkanes of at least 4 members (excludes halogenated alkanes) is 1. The van der Waals surface area contributed by atoms with E-state index in [1.54, 1.807) is 0 Å². The van der Waals surface area contributed by atoms with E-state index < -0.39 is 0 Å². The third-order valence-corrected chi connectivity index (χ3v) is 6.88. The van der Waals surface area contributed by atoms with Crippen molar-refractivity contribution >= 4 is 11.8 Å². The lowest BCUT2D eigenvalue weighted by atomic mass is 9.71. The lowest BCUT2D eigenvalue weighted by Crippen LogP contribution is -2.48. The molecule has 4 rings (SSSR count). The molecule has 1 aliphatic heterocycles. The number of nitrogens with one attached hydrogen (secondary N) is 1. The number of nitrogens with zero attached hydrogens (tertiary/aromatic N) is 3. The summed E-state index contributed by atoms with van der Waals surface area (Å²) in [6.45, 7) is 5.56. The summed E-state index contributed by atoms with van der Waals surface area (Å²) in [4.78, 5) is 12.3. The van der Waals surface area contributed by atoms with Crippen molar-refractivity contribution in [1.29, 1.82) is 0 Å². The number of nitrogens with two attached hydrogens (primary N) is 1. The number of piperidine rings is 1. The third kappa shape index (κ3) is 3.30. The van der Waals surface area contributed by atoms with Gasteiger partial charge in [-0.2, -0.15) is 4.98 Å². The molecule has 2 fully saturated rings. The summed E-state index contributed by atoms with van der Waals surface area (Å²) in [6.07, 6.45) is 13.9. The maximum Gasteiger partial charge on any atom is 0.222 e. The zero-order valence-corrected chi connectivity index (χ0v) is 16.4. The van der Waals surface area contributed by atoms with Crippen LogP contribution in [0.2, 0.25) is 0 Å². The fraction of sp³-hybridized carbons (Fsp3) is 0.810. The van der Waals surface area contributed by atoms with E-state index in [-0.39, 0.29) is 0 Å². The van der Waals surface area contributed by atoms with Crippen LogP contribution in [0.3, 0.4) is 0 Å². The molecule has 3 N–H and O–H groups in total. The minimum Gasteiger partial charge on any atom is -0.368 e. The molecule has 26 heavy (non-hydrogen) atoms. The molecule has 0 aromatic carbocycles. The van der Waals surface area contributed by atoms with E-state index in [2.05, 4.69) is 17.1 Å². The highest BCUT2D eigenvalue weighted by Crippen LogP contribution is 2.49. The number of hydrogen-bond donors (Lipinski definition) is 2. The molecular formula is C21H35N5. The van der Waals surface area contributed by atoms with Gasteiger partial charge in [0.15, 0.2) is 0 Å². The minimum atomic E-state index is 0.292. The zero-order valence-electron chi connectivity index (χ0n) is 16.4. The van der Waals surface area contributed by atoms with Gasteiger partial charge in [-0.05, 0) is 57.9 Å². The van der Waals surface area contributed by atoms with Gasteiger partial charge < -0.3 is 16.0 Å². The fourth-order valence-electron chi connectivity index (χ4n) is 5.55. The first-order chi connectivity index (χ1) is 12.7. The molecule has 2 heterocycles. The molecule has 5 heteroatoms. The zero-order chi connectivity index (χ0) is 18.0. The van der Waals surface area contributed by atoms with Crippen molar-refractivity contribution in [1.82, 2.24) is 15.3 Å². The molecule has 1 spiro atoms. The summed E-state index contributed by atoms with van der Waals surface area (Å²) < 4.78 is 0. The van der Waals surface area contributed by atoms with Crippen LogP contribution in [0.15, 0.2) is 0 Å². The molecule has 0 bridgehead atoms. The van der Waals surface area contributed by atoms with Crippen LogP contribution in [0, 0.1) is 0 Å². The molecule has 1 saturated heterocycles. The van der Waals surface area contributed by atoms with Gasteiger partial charge in [-0.1, -0.05) is 26.2 Å². The van der Waals surface area contributed by atoms with Crippen molar-refractivity contribution in [2.24, 2.45) is 0 Å². The lowest BCUT2D eigenvalue weighted by molar-refractivity contribution is 0.356. The van der Waals surface area contributed by atoms with E-state index >= 15 is 0 Å². The molecular weight excluding hydrogens is 322 g/mol. The first-order valence-electron chi connectivity index (χ1n) is 10.9. The van der Waals surface area contributed by atoms with Crippen LogP contribution in [-0.2, 0) is 11.8 Å². The monoisotopic (exact) mass is 357 g/mol. The molecule has 1 aromatic rings. The van der Waals surface area contributed by atoms with Crippen LogP contribution < -0.4 is 16.0 Å². The van der Waals surface area contributed by atoms with Gasteiger partial charge in [0.05, 0.1) is 5.69 Å².